The number of amides is 2. The number of ether oxygens (including phenoxy) is 1. The number of rotatable bonds is 5. The quantitative estimate of drug-likeness (QED) is 0.688. The SMILES string of the molecule is O=C(O)CC1CCCN(C(=O)C#CCNC(=O)OCC2c3ccccc3-c3ccccc32)C1. The van der Waals surface area contributed by atoms with E-state index in [1.165, 1.54) is 0 Å². The molecule has 7 heteroatoms. The van der Waals surface area contributed by atoms with E-state index in [0.29, 0.717) is 13.1 Å². The van der Waals surface area contributed by atoms with Crippen LogP contribution in [-0.2, 0) is 14.3 Å². The highest BCUT2D eigenvalue weighted by atomic mass is 16.5. The zero-order valence-electron chi connectivity index (χ0n) is 18.3. The standard InChI is InChI=1S/C26H26N2O5/c29-24(28-14-6-7-18(16-28)15-25(30)31)12-5-13-27-26(32)33-17-23-21-10-3-1-8-19(21)20-9-2-4-11-22(20)23/h1-4,8-11,18,23H,6-7,13-17H2,(H,27,32)(H,30,31). The molecule has 7 nitrogen and oxygen atoms in total. The third kappa shape index (κ3) is 5.35. The zero-order valence-corrected chi connectivity index (χ0v) is 18.3. The maximum absolute atomic E-state index is 12.3. The minimum absolute atomic E-state index is 0.00515. The normalized spacial score (nSPS) is 16.7. The molecule has 1 aliphatic carbocycles. The average molecular weight is 447 g/mol. The Balaban J connectivity index is 1.25. The lowest BCUT2D eigenvalue weighted by Crippen LogP contribution is -2.40. The second kappa shape index (κ2) is 10.2. The van der Waals surface area contributed by atoms with Gasteiger partial charge in [0, 0.05) is 25.4 Å². The van der Waals surface area contributed by atoms with E-state index in [4.69, 9.17) is 9.84 Å². The van der Waals surface area contributed by atoms with Gasteiger partial charge in [0.15, 0.2) is 0 Å². The highest BCUT2D eigenvalue weighted by molar-refractivity contribution is 5.93. The Bertz CT molecular complexity index is 1070. The molecule has 0 saturated carbocycles. The molecule has 0 bridgehead atoms. The molecular weight excluding hydrogens is 420 g/mol. The lowest BCUT2D eigenvalue weighted by atomic mass is 9.95. The maximum atomic E-state index is 12.3. The van der Waals surface area contributed by atoms with Crippen LogP contribution in [0.2, 0.25) is 0 Å². The first-order valence-electron chi connectivity index (χ1n) is 11.1. The van der Waals surface area contributed by atoms with Gasteiger partial charge < -0.3 is 20.1 Å². The lowest BCUT2D eigenvalue weighted by molar-refractivity contribution is -0.139. The number of carboxylic acid groups (broad SMARTS) is 1. The molecule has 1 unspecified atom stereocenters. The van der Waals surface area contributed by atoms with Crippen LogP contribution in [0.4, 0.5) is 4.79 Å². The summed E-state index contributed by atoms with van der Waals surface area (Å²) in [5, 5.41) is 11.5. The second-order valence-electron chi connectivity index (χ2n) is 8.34. The third-order valence-corrected chi connectivity index (χ3v) is 6.13. The van der Waals surface area contributed by atoms with Gasteiger partial charge in [0.1, 0.15) is 6.61 Å². The number of fused-ring (bicyclic) bond motifs is 3. The van der Waals surface area contributed by atoms with Crippen LogP contribution in [0.5, 0.6) is 0 Å². The molecule has 1 aliphatic heterocycles. The average Bonchev–Trinajstić information content (AvgIpc) is 3.14. The van der Waals surface area contributed by atoms with Crippen molar-refractivity contribution in [3.63, 3.8) is 0 Å². The molecule has 2 aromatic carbocycles. The number of carboxylic acids is 1. The van der Waals surface area contributed by atoms with Crippen LogP contribution in [0.25, 0.3) is 11.1 Å². The van der Waals surface area contributed by atoms with Gasteiger partial charge >= 0.3 is 12.1 Å². The van der Waals surface area contributed by atoms with Gasteiger partial charge in [0.2, 0.25) is 0 Å². The van der Waals surface area contributed by atoms with E-state index >= 15 is 0 Å². The van der Waals surface area contributed by atoms with Crippen LogP contribution in [0.3, 0.4) is 0 Å². The van der Waals surface area contributed by atoms with Crippen LogP contribution in [0, 0.1) is 17.8 Å². The molecule has 1 fully saturated rings. The Morgan fingerprint density at radius 2 is 1.73 bits per heavy atom. The van der Waals surface area contributed by atoms with Crippen molar-refractivity contribution < 1.29 is 24.2 Å². The predicted molar refractivity (Wildman–Crippen MR) is 122 cm³/mol. The molecule has 1 atom stereocenters. The second-order valence-corrected chi connectivity index (χ2v) is 8.34. The molecule has 1 heterocycles. The molecule has 2 aromatic rings. The van der Waals surface area contributed by atoms with E-state index in [-0.39, 0.29) is 37.3 Å². The summed E-state index contributed by atoms with van der Waals surface area (Å²) in [6.45, 7) is 1.18. The zero-order chi connectivity index (χ0) is 23.2. The largest absolute Gasteiger partial charge is 0.481 e. The van der Waals surface area contributed by atoms with Crippen molar-refractivity contribution in [2.45, 2.75) is 25.2 Å². The molecule has 2 amide bonds. The van der Waals surface area contributed by atoms with Crippen molar-refractivity contribution in [3.05, 3.63) is 59.7 Å². The fourth-order valence-corrected chi connectivity index (χ4v) is 4.63. The van der Waals surface area contributed by atoms with E-state index in [1.54, 1.807) is 4.90 Å². The van der Waals surface area contributed by atoms with Crippen LogP contribution in [-0.4, -0.2) is 54.2 Å². The first-order valence-corrected chi connectivity index (χ1v) is 11.1. The predicted octanol–water partition coefficient (Wildman–Crippen LogP) is 3.24. The summed E-state index contributed by atoms with van der Waals surface area (Å²) in [6, 6.07) is 16.2. The Morgan fingerprint density at radius 3 is 2.39 bits per heavy atom. The third-order valence-electron chi connectivity index (χ3n) is 6.13. The fourth-order valence-electron chi connectivity index (χ4n) is 4.63. The number of benzene rings is 2. The molecule has 170 valence electrons. The van der Waals surface area contributed by atoms with Gasteiger partial charge in [-0.2, -0.15) is 0 Å². The summed E-state index contributed by atoms with van der Waals surface area (Å²) in [5.41, 5.74) is 4.60. The Kier molecular flexibility index (Phi) is 6.94. The minimum atomic E-state index is -0.854. The molecule has 2 aliphatic rings. The highest BCUT2D eigenvalue weighted by Gasteiger charge is 2.29. The van der Waals surface area contributed by atoms with Crippen molar-refractivity contribution in [1.82, 2.24) is 10.2 Å². The molecule has 0 aromatic heterocycles. The number of piperidine rings is 1. The Morgan fingerprint density at radius 1 is 1.06 bits per heavy atom. The molecule has 33 heavy (non-hydrogen) atoms. The van der Waals surface area contributed by atoms with Crippen molar-refractivity contribution in [2.75, 3.05) is 26.2 Å². The van der Waals surface area contributed by atoms with Gasteiger partial charge in [-0.15, -0.1) is 0 Å². The number of hydrogen-bond donors (Lipinski definition) is 2. The number of nitrogens with zero attached hydrogens (tertiary/aromatic N) is 1. The maximum Gasteiger partial charge on any atom is 0.407 e. The molecule has 2 N–H and O–H groups in total. The van der Waals surface area contributed by atoms with E-state index in [9.17, 15) is 14.4 Å². The first-order chi connectivity index (χ1) is 16.0. The van der Waals surface area contributed by atoms with Crippen molar-refractivity contribution in [3.8, 4) is 23.0 Å². The number of carbonyl (C=O) groups is 3. The van der Waals surface area contributed by atoms with E-state index in [2.05, 4.69) is 41.4 Å². The number of nitrogens with one attached hydrogen (secondary N) is 1. The summed E-state index contributed by atoms with van der Waals surface area (Å²) in [7, 11) is 0. The Labute approximate surface area is 192 Å². The van der Waals surface area contributed by atoms with Crippen molar-refractivity contribution in [2.24, 2.45) is 5.92 Å². The van der Waals surface area contributed by atoms with Crippen molar-refractivity contribution >= 4 is 18.0 Å². The monoisotopic (exact) mass is 446 g/mol. The summed E-state index contributed by atoms with van der Waals surface area (Å²) in [4.78, 5) is 36.9. The van der Waals surface area contributed by atoms with Crippen LogP contribution in [0.15, 0.2) is 48.5 Å². The Hall–Kier alpha value is -3.79. The van der Waals surface area contributed by atoms with E-state index < -0.39 is 12.1 Å². The summed E-state index contributed by atoms with van der Waals surface area (Å²) in [6.07, 6.45) is 1.04. The van der Waals surface area contributed by atoms with Gasteiger partial charge in [0.05, 0.1) is 6.54 Å². The number of hydrogen-bond acceptors (Lipinski definition) is 4. The molecular formula is C26H26N2O5. The molecule has 1 saturated heterocycles. The van der Waals surface area contributed by atoms with Crippen LogP contribution in [0.1, 0.15) is 36.3 Å². The van der Waals surface area contributed by atoms with Crippen LogP contribution < -0.4 is 5.32 Å². The molecule has 4 rings (SSSR count). The summed E-state index contributed by atoms with van der Waals surface area (Å²) in [5.74, 6) is 3.92. The smallest absolute Gasteiger partial charge is 0.407 e. The topological polar surface area (TPSA) is 95.9 Å². The van der Waals surface area contributed by atoms with Gasteiger partial charge in [-0.1, -0.05) is 54.5 Å². The minimum Gasteiger partial charge on any atom is -0.481 e. The molecule has 0 radical (unpaired) electrons. The highest BCUT2D eigenvalue weighted by Crippen LogP contribution is 2.44. The van der Waals surface area contributed by atoms with E-state index in [1.807, 2.05) is 24.3 Å². The number of carbonyl (C=O) groups excluding carboxylic acids is 2. The van der Waals surface area contributed by atoms with Gasteiger partial charge in [0.25, 0.3) is 5.91 Å². The summed E-state index contributed by atoms with van der Waals surface area (Å²) < 4.78 is 5.45. The van der Waals surface area contributed by atoms with Gasteiger partial charge in [-0.3, -0.25) is 9.59 Å². The van der Waals surface area contributed by atoms with Gasteiger partial charge in [-0.25, -0.2) is 4.79 Å². The first kappa shape index (κ1) is 22.4. The number of alkyl carbamates (subject to hydrolysis) is 1. The van der Waals surface area contributed by atoms with E-state index in [0.717, 1.165) is 35.1 Å². The molecule has 0 spiro atoms. The lowest BCUT2D eigenvalue weighted by Gasteiger charge is -2.30. The van der Waals surface area contributed by atoms with Gasteiger partial charge in [-0.05, 0) is 46.9 Å². The van der Waals surface area contributed by atoms with Crippen molar-refractivity contribution in [1.29, 1.82) is 0 Å². The summed E-state index contributed by atoms with van der Waals surface area (Å²) >= 11 is 0. The fraction of sp³-hybridized carbons (Fsp3) is 0.346. The number of likely N-dealkylation sites (tertiary alicyclic amines) is 1. The van der Waals surface area contributed by atoms with Crippen LogP contribution >= 0.6 is 0 Å². The number of aliphatic carboxylic acids is 1.